The van der Waals surface area contributed by atoms with Crippen LogP contribution in [-0.2, 0) is 11.3 Å². The van der Waals surface area contributed by atoms with Crippen LogP contribution in [0.2, 0.25) is 0 Å². The Labute approximate surface area is 96.2 Å². The monoisotopic (exact) mass is 218 g/mol. The number of benzene rings is 1. The molecule has 0 unspecified atom stereocenters. The smallest absolute Gasteiger partial charge is 0.225 e. The minimum Gasteiger partial charge on any atom is -0.341 e. The van der Waals surface area contributed by atoms with Crippen molar-refractivity contribution in [3.8, 4) is 0 Å². The molecule has 0 saturated heterocycles. The van der Waals surface area contributed by atoms with Crippen molar-refractivity contribution >= 4 is 5.91 Å². The van der Waals surface area contributed by atoms with Crippen molar-refractivity contribution in [1.29, 1.82) is 0 Å². The van der Waals surface area contributed by atoms with Crippen molar-refractivity contribution in [2.75, 3.05) is 7.05 Å². The second-order valence-corrected chi connectivity index (χ2v) is 4.61. The van der Waals surface area contributed by atoms with E-state index < -0.39 is 0 Å². The average Bonchev–Trinajstić information content (AvgIpc) is 2.25. The third-order valence-electron chi connectivity index (χ3n) is 3.16. The molecular formula is C13H18N2O. The summed E-state index contributed by atoms with van der Waals surface area (Å²) in [5.74, 6) is 0.384. The Balaban J connectivity index is 1.88. The summed E-state index contributed by atoms with van der Waals surface area (Å²) in [5.41, 5.74) is 6.86. The van der Waals surface area contributed by atoms with Gasteiger partial charge in [0.1, 0.15) is 0 Å². The van der Waals surface area contributed by atoms with Crippen LogP contribution < -0.4 is 5.73 Å². The van der Waals surface area contributed by atoms with Crippen LogP contribution in [0.15, 0.2) is 30.3 Å². The van der Waals surface area contributed by atoms with E-state index in [0.29, 0.717) is 6.54 Å². The Morgan fingerprint density at radius 3 is 2.56 bits per heavy atom. The third-order valence-corrected chi connectivity index (χ3v) is 3.16. The first-order valence-electron chi connectivity index (χ1n) is 5.71. The molecule has 2 N–H and O–H groups in total. The van der Waals surface area contributed by atoms with E-state index in [-0.39, 0.29) is 17.9 Å². The van der Waals surface area contributed by atoms with Crippen molar-refractivity contribution in [2.24, 2.45) is 11.7 Å². The molecule has 1 amide bonds. The Morgan fingerprint density at radius 2 is 2.00 bits per heavy atom. The molecule has 1 fully saturated rings. The molecule has 0 atom stereocenters. The largest absolute Gasteiger partial charge is 0.341 e. The topological polar surface area (TPSA) is 46.3 Å². The first-order valence-corrected chi connectivity index (χ1v) is 5.71. The second-order valence-electron chi connectivity index (χ2n) is 4.61. The molecule has 0 spiro atoms. The van der Waals surface area contributed by atoms with Gasteiger partial charge in [0, 0.05) is 25.6 Å². The molecule has 0 radical (unpaired) electrons. The highest BCUT2D eigenvalue weighted by Gasteiger charge is 2.33. The maximum atomic E-state index is 11.9. The lowest BCUT2D eigenvalue weighted by Crippen LogP contribution is -2.45. The molecule has 0 heterocycles. The quantitative estimate of drug-likeness (QED) is 0.833. The van der Waals surface area contributed by atoms with Crippen LogP contribution in [0.25, 0.3) is 0 Å². The summed E-state index contributed by atoms with van der Waals surface area (Å²) in [6, 6.07) is 10.3. The van der Waals surface area contributed by atoms with Crippen molar-refractivity contribution < 1.29 is 4.79 Å². The van der Waals surface area contributed by atoms with Gasteiger partial charge in [0.15, 0.2) is 0 Å². The number of rotatable bonds is 3. The molecule has 86 valence electrons. The molecule has 1 aliphatic rings. The third kappa shape index (κ3) is 2.42. The number of carbonyl (C=O) groups is 1. The van der Waals surface area contributed by atoms with Gasteiger partial charge in [-0.25, -0.2) is 0 Å². The number of hydrogen-bond acceptors (Lipinski definition) is 2. The molecule has 1 saturated carbocycles. The summed E-state index contributed by atoms with van der Waals surface area (Å²) in [7, 11) is 1.86. The van der Waals surface area contributed by atoms with E-state index in [9.17, 15) is 4.79 Å². The van der Waals surface area contributed by atoms with E-state index in [2.05, 4.69) is 0 Å². The number of carbonyl (C=O) groups excluding carboxylic acids is 1. The van der Waals surface area contributed by atoms with Gasteiger partial charge in [0.25, 0.3) is 0 Å². The molecule has 0 aliphatic heterocycles. The number of hydrogen-bond donors (Lipinski definition) is 1. The summed E-state index contributed by atoms with van der Waals surface area (Å²) in [4.78, 5) is 13.7. The van der Waals surface area contributed by atoms with Gasteiger partial charge in [-0.05, 0) is 18.4 Å². The molecule has 16 heavy (non-hydrogen) atoms. The van der Waals surface area contributed by atoms with Gasteiger partial charge in [-0.1, -0.05) is 30.3 Å². The highest BCUT2D eigenvalue weighted by Crippen LogP contribution is 2.27. The molecular weight excluding hydrogens is 200 g/mol. The molecule has 1 aromatic carbocycles. The minimum absolute atomic E-state index is 0.156. The maximum Gasteiger partial charge on any atom is 0.225 e. The molecule has 1 aliphatic carbocycles. The zero-order valence-corrected chi connectivity index (χ0v) is 9.60. The van der Waals surface area contributed by atoms with Gasteiger partial charge < -0.3 is 10.6 Å². The SMILES string of the molecule is CN(Cc1ccccc1)C(=O)C1CC(N)C1. The van der Waals surface area contributed by atoms with E-state index in [4.69, 9.17) is 5.73 Å². The Kier molecular flexibility index (Phi) is 3.25. The van der Waals surface area contributed by atoms with Crippen LogP contribution in [0, 0.1) is 5.92 Å². The first kappa shape index (κ1) is 11.1. The highest BCUT2D eigenvalue weighted by atomic mass is 16.2. The Morgan fingerprint density at radius 1 is 1.38 bits per heavy atom. The summed E-state index contributed by atoms with van der Waals surface area (Å²) in [6.07, 6.45) is 1.69. The average molecular weight is 218 g/mol. The van der Waals surface area contributed by atoms with Crippen LogP contribution in [0.3, 0.4) is 0 Å². The molecule has 3 nitrogen and oxygen atoms in total. The van der Waals surface area contributed by atoms with E-state index >= 15 is 0 Å². The summed E-state index contributed by atoms with van der Waals surface area (Å²) < 4.78 is 0. The number of amides is 1. The van der Waals surface area contributed by atoms with E-state index in [1.165, 1.54) is 5.56 Å². The van der Waals surface area contributed by atoms with Gasteiger partial charge in [-0.2, -0.15) is 0 Å². The van der Waals surface area contributed by atoms with Gasteiger partial charge in [0.2, 0.25) is 5.91 Å². The van der Waals surface area contributed by atoms with Gasteiger partial charge >= 0.3 is 0 Å². The zero-order valence-electron chi connectivity index (χ0n) is 9.60. The van der Waals surface area contributed by atoms with E-state index in [1.807, 2.05) is 37.4 Å². The van der Waals surface area contributed by atoms with Gasteiger partial charge in [-0.3, -0.25) is 4.79 Å². The van der Waals surface area contributed by atoms with Crippen LogP contribution >= 0.6 is 0 Å². The van der Waals surface area contributed by atoms with Crippen molar-refractivity contribution in [1.82, 2.24) is 4.90 Å². The molecule has 3 heteroatoms. The number of nitrogens with two attached hydrogens (primary N) is 1. The lowest BCUT2D eigenvalue weighted by Gasteiger charge is -2.34. The highest BCUT2D eigenvalue weighted by molar-refractivity contribution is 5.79. The lowest BCUT2D eigenvalue weighted by molar-refractivity contribution is -0.137. The second kappa shape index (κ2) is 4.66. The lowest BCUT2D eigenvalue weighted by atomic mass is 9.80. The Hall–Kier alpha value is -1.35. The van der Waals surface area contributed by atoms with Crippen molar-refractivity contribution in [3.05, 3.63) is 35.9 Å². The fraction of sp³-hybridized carbons (Fsp3) is 0.462. The van der Waals surface area contributed by atoms with Crippen LogP contribution in [0.5, 0.6) is 0 Å². The number of nitrogens with zero attached hydrogens (tertiary/aromatic N) is 1. The van der Waals surface area contributed by atoms with Crippen LogP contribution in [-0.4, -0.2) is 23.9 Å². The Bertz CT molecular complexity index is 357. The summed E-state index contributed by atoms with van der Waals surface area (Å²) in [5, 5.41) is 0. The van der Waals surface area contributed by atoms with E-state index in [1.54, 1.807) is 4.90 Å². The fourth-order valence-corrected chi connectivity index (χ4v) is 2.11. The van der Waals surface area contributed by atoms with Gasteiger partial charge in [0.05, 0.1) is 0 Å². The molecule has 0 aromatic heterocycles. The summed E-state index contributed by atoms with van der Waals surface area (Å²) in [6.45, 7) is 0.686. The standard InChI is InChI=1S/C13H18N2O/c1-15(9-10-5-3-2-4-6-10)13(16)11-7-12(14)8-11/h2-6,11-12H,7-9,14H2,1H3. The summed E-state index contributed by atoms with van der Waals surface area (Å²) >= 11 is 0. The predicted octanol–water partition coefficient (Wildman–Crippen LogP) is 1.38. The predicted molar refractivity (Wildman–Crippen MR) is 63.6 cm³/mol. The minimum atomic E-state index is 0.156. The van der Waals surface area contributed by atoms with E-state index in [0.717, 1.165) is 12.8 Å². The zero-order chi connectivity index (χ0) is 11.5. The van der Waals surface area contributed by atoms with Crippen molar-refractivity contribution in [2.45, 2.75) is 25.4 Å². The molecule has 0 bridgehead atoms. The molecule has 1 aromatic rings. The maximum absolute atomic E-state index is 11.9. The van der Waals surface area contributed by atoms with Crippen LogP contribution in [0.4, 0.5) is 0 Å². The van der Waals surface area contributed by atoms with Gasteiger partial charge in [-0.15, -0.1) is 0 Å². The molecule has 2 rings (SSSR count). The fourth-order valence-electron chi connectivity index (χ4n) is 2.11. The van der Waals surface area contributed by atoms with Crippen LogP contribution in [0.1, 0.15) is 18.4 Å². The van der Waals surface area contributed by atoms with Crippen molar-refractivity contribution in [3.63, 3.8) is 0 Å². The normalized spacial score (nSPS) is 23.6. The first-order chi connectivity index (χ1) is 7.66.